The van der Waals surface area contributed by atoms with Crippen LogP contribution in [0.1, 0.15) is 30.0 Å². The van der Waals surface area contributed by atoms with E-state index < -0.39 is 0 Å². The summed E-state index contributed by atoms with van der Waals surface area (Å²) in [6.45, 7) is 0.311. The SMILES string of the molecule is NCc1cc(F)ccc1-n1ccc(C2CC2)n1. The fraction of sp³-hybridized carbons (Fsp3) is 0.308. The Bertz CT molecular complexity index is 543. The Hall–Kier alpha value is -1.68. The zero-order chi connectivity index (χ0) is 11.8. The molecule has 3 rings (SSSR count). The molecule has 0 amide bonds. The molecule has 4 heteroatoms. The van der Waals surface area contributed by atoms with Gasteiger partial charge in [0.15, 0.2) is 0 Å². The van der Waals surface area contributed by atoms with Gasteiger partial charge in [-0.2, -0.15) is 5.10 Å². The molecule has 0 spiro atoms. The minimum absolute atomic E-state index is 0.260. The molecule has 1 aliphatic rings. The van der Waals surface area contributed by atoms with E-state index in [9.17, 15) is 4.39 Å². The zero-order valence-electron chi connectivity index (χ0n) is 9.44. The predicted octanol–water partition coefficient (Wildman–Crippen LogP) is 2.35. The van der Waals surface area contributed by atoms with Crippen molar-refractivity contribution in [3.05, 3.63) is 47.5 Å². The Morgan fingerprint density at radius 3 is 2.88 bits per heavy atom. The van der Waals surface area contributed by atoms with Crippen LogP contribution in [0.25, 0.3) is 5.69 Å². The molecular weight excluding hydrogens is 217 g/mol. The van der Waals surface area contributed by atoms with Crippen LogP contribution < -0.4 is 5.73 Å². The highest BCUT2D eigenvalue weighted by Crippen LogP contribution is 2.39. The molecule has 1 aliphatic carbocycles. The normalized spacial score (nSPS) is 15.2. The summed E-state index contributed by atoms with van der Waals surface area (Å²) in [6.07, 6.45) is 4.37. The Kier molecular flexibility index (Phi) is 2.44. The van der Waals surface area contributed by atoms with Gasteiger partial charge in [0, 0.05) is 18.7 Å². The van der Waals surface area contributed by atoms with Crippen molar-refractivity contribution in [2.45, 2.75) is 25.3 Å². The second kappa shape index (κ2) is 3.96. The lowest BCUT2D eigenvalue weighted by molar-refractivity contribution is 0.624. The molecule has 1 fully saturated rings. The molecule has 1 heterocycles. The fourth-order valence-corrected chi connectivity index (χ4v) is 2.01. The standard InChI is InChI=1S/C13H14FN3/c14-11-3-4-13(10(7-11)8-15)17-6-5-12(16-17)9-1-2-9/h3-7,9H,1-2,8,15H2. The molecule has 0 radical (unpaired) electrons. The highest BCUT2D eigenvalue weighted by Gasteiger charge is 2.26. The van der Waals surface area contributed by atoms with Crippen molar-refractivity contribution in [1.82, 2.24) is 9.78 Å². The molecule has 17 heavy (non-hydrogen) atoms. The monoisotopic (exact) mass is 231 g/mol. The van der Waals surface area contributed by atoms with E-state index in [1.165, 1.54) is 25.0 Å². The minimum Gasteiger partial charge on any atom is -0.326 e. The fourth-order valence-electron chi connectivity index (χ4n) is 2.01. The molecule has 1 aromatic heterocycles. The lowest BCUT2D eigenvalue weighted by Crippen LogP contribution is -2.05. The first-order valence-corrected chi connectivity index (χ1v) is 5.82. The largest absolute Gasteiger partial charge is 0.326 e. The van der Waals surface area contributed by atoms with E-state index in [0.717, 1.165) is 16.9 Å². The number of hydrogen-bond donors (Lipinski definition) is 1. The van der Waals surface area contributed by atoms with Crippen LogP contribution in [0, 0.1) is 5.82 Å². The Morgan fingerprint density at radius 2 is 2.18 bits per heavy atom. The van der Waals surface area contributed by atoms with Gasteiger partial charge in [0.1, 0.15) is 5.82 Å². The molecule has 0 aliphatic heterocycles. The van der Waals surface area contributed by atoms with E-state index in [1.54, 1.807) is 10.7 Å². The van der Waals surface area contributed by atoms with E-state index >= 15 is 0 Å². The van der Waals surface area contributed by atoms with Crippen molar-refractivity contribution in [3.8, 4) is 5.69 Å². The van der Waals surface area contributed by atoms with Crippen LogP contribution in [0.15, 0.2) is 30.5 Å². The number of nitrogens with two attached hydrogens (primary N) is 1. The summed E-state index contributed by atoms with van der Waals surface area (Å²) in [6, 6.07) is 6.66. The van der Waals surface area contributed by atoms with Gasteiger partial charge in [0.25, 0.3) is 0 Å². The van der Waals surface area contributed by atoms with Gasteiger partial charge in [-0.15, -0.1) is 0 Å². The molecule has 0 unspecified atom stereocenters. The number of nitrogens with zero attached hydrogens (tertiary/aromatic N) is 2. The second-order valence-electron chi connectivity index (χ2n) is 4.44. The summed E-state index contributed by atoms with van der Waals surface area (Å²) in [4.78, 5) is 0. The van der Waals surface area contributed by atoms with E-state index in [0.29, 0.717) is 12.5 Å². The van der Waals surface area contributed by atoms with Crippen molar-refractivity contribution < 1.29 is 4.39 Å². The van der Waals surface area contributed by atoms with Crippen molar-refractivity contribution in [1.29, 1.82) is 0 Å². The predicted molar refractivity (Wildman–Crippen MR) is 63.4 cm³/mol. The third-order valence-corrected chi connectivity index (χ3v) is 3.11. The number of rotatable bonds is 3. The number of halogens is 1. The van der Waals surface area contributed by atoms with Gasteiger partial charge in [-0.05, 0) is 42.7 Å². The van der Waals surface area contributed by atoms with Gasteiger partial charge in [0.05, 0.1) is 11.4 Å². The first kappa shape index (κ1) is 10.5. The summed E-state index contributed by atoms with van der Waals surface area (Å²) < 4.78 is 14.9. The highest BCUT2D eigenvalue weighted by molar-refractivity contribution is 5.41. The van der Waals surface area contributed by atoms with E-state index in [1.807, 2.05) is 12.3 Å². The van der Waals surface area contributed by atoms with E-state index in [-0.39, 0.29) is 5.82 Å². The molecule has 1 saturated carbocycles. The van der Waals surface area contributed by atoms with Gasteiger partial charge < -0.3 is 5.73 Å². The molecule has 1 aromatic carbocycles. The summed E-state index contributed by atoms with van der Waals surface area (Å²) >= 11 is 0. The van der Waals surface area contributed by atoms with Crippen LogP contribution in [0.5, 0.6) is 0 Å². The number of benzene rings is 1. The van der Waals surface area contributed by atoms with Gasteiger partial charge >= 0.3 is 0 Å². The van der Waals surface area contributed by atoms with E-state index in [2.05, 4.69) is 5.10 Å². The molecular formula is C13H14FN3. The van der Waals surface area contributed by atoms with Crippen LogP contribution in [-0.2, 0) is 6.54 Å². The summed E-state index contributed by atoms with van der Waals surface area (Å²) in [7, 11) is 0. The van der Waals surface area contributed by atoms with E-state index in [4.69, 9.17) is 5.73 Å². The molecule has 0 saturated heterocycles. The zero-order valence-corrected chi connectivity index (χ0v) is 9.44. The Morgan fingerprint density at radius 1 is 1.35 bits per heavy atom. The Balaban J connectivity index is 2.01. The lowest BCUT2D eigenvalue weighted by atomic mass is 10.2. The third-order valence-electron chi connectivity index (χ3n) is 3.11. The first-order chi connectivity index (χ1) is 8.28. The van der Waals surface area contributed by atoms with Crippen LogP contribution in [0.4, 0.5) is 4.39 Å². The average molecular weight is 231 g/mol. The molecule has 3 nitrogen and oxygen atoms in total. The maximum absolute atomic E-state index is 13.1. The lowest BCUT2D eigenvalue weighted by Gasteiger charge is -2.07. The highest BCUT2D eigenvalue weighted by atomic mass is 19.1. The maximum Gasteiger partial charge on any atom is 0.123 e. The number of aromatic nitrogens is 2. The van der Waals surface area contributed by atoms with Gasteiger partial charge in [-0.1, -0.05) is 0 Å². The first-order valence-electron chi connectivity index (χ1n) is 5.82. The van der Waals surface area contributed by atoms with Crippen LogP contribution in [0.3, 0.4) is 0 Å². The van der Waals surface area contributed by atoms with Crippen molar-refractivity contribution in [2.24, 2.45) is 5.73 Å². The summed E-state index contributed by atoms with van der Waals surface area (Å²) in [5, 5.41) is 4.52. The van der Waals surface area contributed by atoms with Crippen molar-refractivity contribution >= 4 is 0 Å². The smallest absolute Gasteiger partial charge is 0.123 e. The van der Waals surface area contributed by atoms with Gasteiger partial charge in [-0.3, -0.25) is 0 Å². The topological polar surface area (TPSA) is 43.8 Å². The Labute approximate surface area is 99.1 Å². The van der Waals surface area contributed by atoms with Gasteiger partial charge in [-0.25, -0.2) is 9.07 Å². The summed E-state index contributed by atoms with van der Waals surface area (Å²) in [5.74, 6) is 0.363. The van der Waals surface area contributed by atoms with Crippen LogP contribution in [0.2, 0.25) is 0 Å². The van der Waals surface area contributed by atoms with Gasteiger partial charge in [0.2, 0.25) is 0 Å². The van der Waals surface area contributed by atoms with Crippen molar-refractivity contribution in [2.75, 3.05) is 0 Å². The van der Waals surface area contributed by atoms with Crippen LogP contribution in [-0.4, -0.2) is 9.78 Å². The second-order valence-corrected chi connectivity index (χ2v) is 4.44. The van der Waals surface area contributed by atoms with Crippen LogP contribution >= 0.6 is 0 Å². The maximum atomic E-state index is 13.1. The quantitative estimate of drug-likeness (QED) is 0.881. The summed E-state index contributed by atoms with van der Waals surface area (Å²) in [5.41, 5.74) is 8.39. The molecule has 2 aromatic rings. The minimum atomic E-state index is -0.260. The average Bonchev–Trinajstić information content (AvgIpc) is 3.08. The molecule has 88 valence electrons. The molecule has 0 bridgehead atoms. The van der Waals surface area contributed by atoms with Crippen molar-refractivity contribution in [3.63, 3.8) is 0 Å². The molecule has 0 atom stereocenters. The third kappa shape index (κ3) is 1.96. The number of hydrogen-bond acceptors (Lipinski definition) is 2. The molecule has 2 N–H and O–H groups in total.